The summed E-state index contributed by atoms with van der Waals surface area (Å²) in [6.07, 6.45) is 14.6. The number of benzene rings is 3. The van der Waals surface area contributed by atoms with Crippen molar-refractivity contribution < 1.29 is 39.6 Å². The molecule has 15 rings (SSSR count). The van der Waals surface area contributed by atoms with Gasteiger partial charge in [0.2, 0.25) is 0 Å². The van der Waals surface area contributed by atoms with E-state index >= 15 is 0 Å². The Kier molecular flexibility index (Phi) is 19.7. The number of nitrogens with zero attached hydrogens (tertiary/aromatic N) is 12. The standard InChI is InChI=1S/3C27H31N5O3S/c3*1-15-14-32(5)31-25(15)17-7-8-20(24(10-17)36(6,34)35)30-22-11-18(12-23(33)19-13-27(19,3)4)29-21-9-16(2)28-26(21)22/h3*7-8,10-11,14,19H,9,12-13H2,1-6H3,(H,29,30)/t2*19-;/m10./s1. The van der Waals surface area contributed by atoms with Crippen molar-refractivity contribution in [2.24, 2.45) is 70.1 Å². The van der Waals surface area contributed by atoms with Gasteiger partial charge in [-0.3, -0.25) is 58.4 Å². The molecule has 27 heteroatoms. The fraction of sp³-hybridized carbons (Fsp3) is 0.407. The normalized spacial score (nSPS) is 18.1. The minimum absolute atomic E-state index is 0.0622. The maximum absolute atomic E-state index is 12.8. The number of aliphatic imine (C=N–C) groups is 3. The van der Waals surface area contributed by atoms with Crippen molar-refractivity contribution in [1.29, 1.82) is 0 Å². The van der Waals surface area contributed by atoms with Gasteiger partial charge in [0.15, 0.2) is 29.5 Å². The maximum atomic E-state index is 12.8. The Hall–Kier alpha value is -9.99. The van der Waals surface area contributed by atoms with Crippen LogP contribution in [0.4, 0.5) is 51.2 Å². The topological polar surface area (TPSA) is 319 Å². The average Bonchev–Trinajstić information content (AvgIpc) is 1.73. The van der Waals surface area contributed by atoms with E-state index in [4.69, 9.17) is 15.0 Å². The van der Waals surface area contributed by atoms with Crippen LogP contribution in [0.5, 0.6) is 0 Å². The third-order valence-corrected chi connectivity index (χ3v) is 24.5. The molecule has 9 heterocycles. The van der Waals surface area contributed by atoms with Crippen molar-refractivity contribution >= 4 is 115 Å². The summed E-state index contributed by atoms with van der Waals surface area (Å²) in [4.78, 5) is 67.2. The number of aromatic nitrogens is 9. The van der Waals surface area contributed by atoms with E-state index in [0.29, 0.717) is 87.5 Å². The van der Waals surface area contributed by atoms with Crippen LogP contribution < -0.4 is 16.0 Å². The lowest BCUT2D eigenvalue weighted by Crippen LogP contribution is -2.11. The highest BCUT2D eigenvalue weighted by atomic mass is 32.2. The summed E-state index contributed by atoms with van der Waals surface area (Å²) in [5.41, 5.74) is 20.1. The minimum atomic E-state index is -3.56. The first-order valence-electron chi connectivity index (χ1n) is 36.1. The van der Waals surface area contributed by atoms with E-state index in [1.807, 2.05) is 118 Å². The Morgan fingerprint density at radius 1 is 0.398 bits per heavy atom. The molecule has 0 amide bonds. The smallest absolute Gasteiger partial charge is 0.177 e. The molecule has 3 N–H and O–H groups in total. The second-order valence-electron chi connectivity index (χ2n) is 32.4. The number of fused-ring (bicyclic) bond motifs is 3. The van der Waals surface area contributed by atoms with Gasteiger partial charge in [-0.1, -0.05) is 59.7 Å². The van der Waals surface area contributed by atoms with Gasteiger partial charge >= 0.3 is 0 Å². The zero-order chi connectivity index (χ0) is 78.0. The highest BCUT2D eigenvalue weighted by Crippen LogP contribution is 2.55. The van der Waals surface area contributed by atoms with E-state index in [0.717, 1.165) is 104 Å². The lowest BCUT2D eigenvalue weighted by Gasteiger charge is -2.15. The zero-order valence-corrected chi connectivity index (χ0v) is 67.0. The van der Waals surface area contributed by atoms with Crippen molar-refractivity contribution in [2.75, 3.05) is 34.7 Å². The summed E-state index contributed by atoms with van der Waals surface area (Å²) >= 11 is 0. The van der Waals surface area contributed by atoms with E-state index in [9.17, 15) is 39.6 Å². The number of pyridine rings is 3. The summed E-state index contributed by atoms with van der Waals surface area (Å²) in [5.74, 6) is 0.798. The summed E-state index contributed by atoms with van der Waals surface area (Å²) < 4.78 is 82.0. The lowest BCUT2D eigenvalue weighted by atomic mass is 10.0. The Morgan fingerprint density at radius 3 is 0.843 bits per heavy atom. The highest BCUT2D eigenvalue weighted by Gasteiger charge is 2.52. The molecule has 1 unspecified atom stereocenters. The molecular weight excluding hydrogens is 1420 g/mol. The molecule has 108 heavy (non-hydrogen) atoms. The van der Waals surface area contributed by atoms with Gasteiger partial charge in [-0.2, -0.15) is 15.3 Å². The number of carbonyl (C=O) groups excluding carboxylic acids is 3. The quantitative estimate of drug-likeness (QED) is 0.0602. The number of rotatable bonds is 21. The van der Waals surface area contributed by atoms with Crippen molar-refractivity contribution in [3.63, 3.8) is 0 Å². The number of sulfone groups is 3. The first-order chi connectivity index (χ1) is 50.4. The molecule has 0 bridgehead atoms. The lowest BCUT2D eigenvalue weighted by molar-refractivity contribution is -0.121. The van der Waals surface area contributed by atoms with Gasteiger partial charge in [-0.25, -0.2) is 25.3 Å². The molecule has 3 saturated carbocycles. The van der Waals surface area contributed by atoms with Crippen molar-refractivity contribution in [3.8, 4) is 33.8 Å². The number of Topliss-reactive ketones (excluding diaryl/α,β-unsaturated/α-hetero) is 3. The second kappa shape index (κ2) is 27.9. The Morgan fingerprint density at radius 2 is 0.639 bits per heavy atom. The van der Waals surface area contributed by atoms with Gasteiger partial charge < -0.3 is 16.0 Å². The van der Waals surface area contributed by atoms with Gasteiger partial charge in [0.05, 0.1) is 100 Å². The van der Waals surface area contributed by atoms with Crippen LogP contribution in [0.3, 0.4) is 0 Å². The van der Waals surface area contributed by atoms with E-state index in [1.54, 1.807) is 50.4 Å². The monoisotopic (exact) mass is 1520 g/mol. The highest BCUT2D eigenvalue weighted by molar-refractivity contribution is 7.91. The molecule has 0 spiro atoms. The van der Waals surface area contributed by atoms with Crippen LogP contribution >= 0.6 is 0 Å². The summed E-state index contributed by atoms with van der Waals surface area (Å²) in [7, 11) is -5.18. The van der Waals surface area contributed by atoms with Crippen LogP contribution in [-0.4, -0.2) is 123 Å². The third kappa shape index (κ3) is 16.4. The SMILES string of the molecule is CC1=Nc2c(Nc3ccc(-c4nn(C)cc4C)cc3S(C)(=O)=O)cc(CC(=O)C3CC3(C)C)nc2C1.CC1=Nc2c(Nc3ccc(-c4nn(C)cc4C)cc3S(C)(=O)=O)cc(CC(=O)[C@@H]3CC3(C)C)nc2C1.CC1=Nc2c(Nc3ccc(-c4nn(C)cc4C)cc3S(C)(=O)=O)cc(CC(=O)[C@H]3CC3(C)C)nc2C1. The van der Waals surface area contributed by atoms with Gasteiger partial charge in [0.1, 0.15) is 34.4 Å². The van der Waals surface area contributed by atoms with Crippen molar-refractivity contribution in [1.82, 2.24) is 44.3 Å². The van der Waals surface area contributed by atoms with Gasteiger partial charge in [-0.15, -0.1) is 0 Å². The number of hydrogen-bond acceptors (Lipinski definition) is 21. The average molecular weight is 1520 g/mol. The van der Waals surface area contributed by atoms with Crippen LogP contribution in [-0.2, 0) is 104 Å². The fourth-order valence-electron chi connectivity index (χ4n) is 15.0. The zero-order valence-electron chi connectivity index (χ0n) is 64.5. The fourth-order valence-corrected chi connectivity index (χ4v) is 17.6. The number of carbonyl (C=O) groups is 3. The maximum Gasteiger partial charge on any atom is 0.177 e. The minimum Gasteiger partial charge on any atom is -0.353 e. The van der Waals surface area contributed by atoms with E-state index in [1.165, 1.54) is 18.8 Å². The second-order valence-corrected chi connectivity index (χ2v) is 38.4. The van der Waals surface area contributed by atoms with E-state index < -0.39 is 29.5 Å². The number of nitrogens with one attached hydrogen (secondary N) is 3. The molecule has 3 aliphatic heterocycles. The van der Waals surface area contributed by atoms with Crippen LogP contribution in [0, 0.1) is 54.8 Å². The Bertz CT molecular complexity index is 5200. The molecule has 0 saturated heterocycles. The first kappa shape index (κ1) is 76.2. The summed E-state index contributed by atoms with van der Waals surface area (Å²) in [5, 5.41) is 23.4. The molecule has 3 aromatic carbocycles. The number of aryl methyl sites for hydroxylation is 6. The number of ketones is 3. The molecule has 3 atom stereocenters. The van der Waals surface area contributed by atoms with Crippen molar-refractivity contribution in [3.05, 3.63) is 142 Å². The van der Waals surface area contributed by atoms with Gasteiger partial charge in [0.25, 0.3) is 0 Å². The van der Waals surface area contributed by atoms with Crippen LogP contribution in [0.15, 0.2) is 121 Å². The molecule has 3 fully saturated rings. The van der Waals surface area contributed by atoms with Gasteiger partial charge in [-0.05, 0) is 148 Å². The van der Waals surface area contributed by atoms with Crippen LogP contribution in [0.1, 0.15) is 132 Å². The first-order valence-corrected chi connectivity index (χ1v) is 41.8. The van der Waals surface area contributed by atoms with E-state index in [2.05, 4.69) is 87.8 Å². The molecule has 6 aliphatic rings. The van der Waals surface area contributed by atoms with E-state index in [-0.39, 0.29) is 85.3 Å². The Balaban J connectivity index is 0.000000143. The molecule has 6 aromatic heterocycles. The molecule has 564 valence electrons. The predicted molar refractivity (Wildman–Crippen MR) is 423 cm³/mol. The van der Waals surface area contributed by atoms with Crippen molar-refractivity contribution in [2.45, 2.75) is 156 Å². The Labute approximate surface area is 631 Å². The molecular formula is C81H93N15O9S3. The largest absolute Gasteiger partial charge is 0.353 e. The molecule has 9 aromatic rings. The predicted octanol–water partition coefficient (Wildman–Crippen LogP) is 14.2. The molecule has 24 nitrogen and oxygen atoms in total. The number of anilines is 6. The summed E-state index contributed by atoms with van der Waals surface area (Å²) in [6, 6.07) is 21.3. The van der Waals surface area contributed by atoms with Crippen LogP contribution in [0.25, 0.3) is 33.8 Å². The molecule has 0 radical (unpaired) electrons. The van der Waals surface area contributed by atoms with Gasteiger partial charge in [0, 0.05) is 149 Å². The third-order valence-electron chi connectivity index (χ3n) is 21.1. The number of hydrogen-bond donors (Lipinski definition) is 3. The molecule has 3 aliphatic carbocycles. The summed E-state index contributed by atoms with van der Waals surface area (Å²) in [6.45, 7) is 24.3. The van der Waals surface area contributed by atoms with Crippen LogP contribution in [0.2, 0.25) is 0 Å².